The van der Waals surface area contributed by atoms with Gasteiger partial charge in [0.1, 0.15) is 5.57 Å². The maximum atomic E-state index is 7.96. The van der Waals surface area contributed by atoms with Crippen LogP contribution in [0.25, 0.3) is 0 Å². The molecule has 0 aromatic carbocycles. The van der Waals surface area contributed by atoms with Crippen molar-refractivity contribution in [1.82, 2.24) is 0 Å². The standard InChI is InChI=1S/C10H15N9O2/c11-3-1(4(12)6(14)7(15)5(3)13)2-8(16)20-10(18,19)21-9(2)17/h11,16-17H,12-15,18-19H2. The molecule has 15 N–H and O–H groups in total. The third-order valence-electron chi connectivity index (χ3n) is 2.89. The molecule has 1 fully saturated rings. The molecule has 0 spiro atoms. The van der Waals surface area contributed by atoms with Gasteiger partial charge < -0.3 is 32.4 Å². The van der Waals surface area contributed by atoms with Crippen molar-refractivity contribution in [2.75, 3.05) is 0 Å². The predicted octanol–water partition coefficient (Wildman–Crippen LogP) is -2.90. The maximum Gasteiger partial charge on any atom is 0.378 e. The van der Waals surface area contributed by atoms with Crippen LogP contribution < -0.4 is 34.4 Å². The molecule has 1 aliphatic carbocycles. The number of allylic oxidation sites excluding steroid dienone is 2. The summed E-state index contributed by atoms with van der Waals surface area (Å²) in [5.74, 6) is -1.19. The van der Waals surface area contributed by atoms with Crippen LogP contribution in [-0.4, -0.2) is 23.5 Å². The van der Waals surface area contributed by atoms with Gasteiger partial charge in [0.05, 0.1) is 28.5 Å². The van der Waals surface area contributed by atoms with Crippen LogP contribution in [-0.2, 0) is 9.47 Å². The summed E-state index contributed by atoms with van der Waals surface area (Å²) in [4.78, 5) is 0. The predicted molar refractivity (Wildman–Crippen MR) is 74.3 cm³/mol. The summed E-state index contributed by atoms with van der Waals surface area (Å²) >= 11 is 0. The van der Waals surface area contributed by atoms with E-state index in [1.54, 1.807) is 0 Å². The molecule has 21 heavy (non-hydrogen) atoms. The Morgan fingerprint density at radius 1 is 0.667 bits per heavy atom. The van der Waals surface area contributed by atoms with E-state index in [-0.39, 0.29) is 39.6 Å². The summed E-state index contributed by atoms with van der Waals surface area (Å²) in [5.41, 5.74) is 32.5. The van der Waals surface area contributed by atoms with E-state index in [4.69, 9.17) is 60.1 Å². The van der Waals surface area contributed by atoms with Crippen LogP contribution in [0.1, 0.15) is 0 Å². The van der Waals surface area contributed by atoms with E-state index in [1.807, 2.05) is 0 Å². The minimum Gasteiger partial charge on any atom is -0.409 e. The van der Waals surface area contributed by atoms with Gasteiger partial charge in [-0.25, -0.2) is 11.5 Å². The summed E-state index contributed by atoms with van der Waals surface area (Å²) in [6, 6.07) is -2.15. The Morgan fingerprint density at radius 2 is 1.10 bits per heavy atom. The van der Waals surface area contributed by atoms with Crippen LogP contribution in [0.2, 0.25) is 0 Å². The summed E-state index contributed by atoms with van der Waals surface area (Å²) in [6.07, 6.45) is 0. The first-order valence-electron chi connectivity index (χ1n) is 5.55. The number of nitrogens with one attached hydrogen (secondary N) is 3. The fraction of sp³-hybridized carbons (Fsp3) is 0.100. The number of hydrogen-bond acceptors (Lipinski definition) is 11. The van der Waals surface area contributed by atoms with Crippen LogP contribution in [0, 0.1) is 16.2 Å². The van der Waals surface area contributed by atoms with Gasteiger partial charge in [-0.05, 0) is 0 Å². The van der Waals surface area contributed by atoms with Crippen LogP contribution in [0.5, 0.6) is 0 Å². The number of hydrogen-bond donors (Lipinski definition) is 9. The fourth-order valence-corrected chi connectivity index (χ4v) is 1.86. The molecule has 0 amide bonds. The Labute approximate surface area is 118 Å². The highest BCUT2D eigenvalue weighted by Gasteiger charge is 2.40. The highest BCUT2D eigenvalue weighted by Crippen LogP contribution is 2.28. The Balaban J connectivity index is 2.67. The van der Waals surface area contributed by atoms with Gasteiger partial charge in [-0.3, -0.25) is 16.2 Å². The smallest absolute Gasteiger partial charge is 0.378 e. The molecule has 0 bridgehead atoms. The van der Waals surface area contributed by atoms with Crippen molar-refractivity contribution in [1.29, 1.82) is 16.2 Å². The van der Waals surface area contributed by atoms with Gasteiger partial charge in [-0.15, -0.1) is 0 Å². The van der Waals surface area contributed by atoms with E-state index in [1.165, 1.54) is 0 Å². The Morgan fingerprint density at radius 3 is 1.57 bits per heavy atom. The summed E-state index contributed by atoms with van der Waals surface area (Å²) < 4.78 is 9.64. The third-order valence-corrected chi connectivity index (χ3v) is 2.89. The topological polar surface area (TPSA) is 246 Å². The van der Waals surface area contributed by atoms with Crippen molar-refractivity contribution >= 4 is 17.5 Å². The first-order chi connectivity index (χ1) is 9.57. The zero-order chi connectivity index (χ0) is 16.1. The van der Waals surface area contributed by atoms with E-state index in [0.29, 0.717) is 0 Å². The summed E-state index contributed by atoms with van der Waals surface area (Å²) in [7, 11) is 0. The van der Waals surface area contributed by atoms with E-state index < -0.39 is 17.8 Å². The number of nitrogens with two attached hydrogens (primary N) is 6. The zero-order valence-electron chi connectivity index (χ0n) is 10.8. The van der Waals surface area contributed by atoms with Gasteiger partial charge >= 0.3 is 6.03 Å². The molecule has 112 valence electrons. The van der Waals surface area contributed by atoms with Gasteiger partial charge in [0.2, 0.25) is 11.8 Å². The third kappa shape index (κ3) is 2.05. The lowest BCUT2D eigenvalue weighted by molar-refractivity contribution is -0.131. The largest absolute Gasteiger partial charge is 0.409 e. The normalized spacial score (nSPS) is 22.5. The van der Waals surface area contributed by atoms with Crippen LogP contribution >= 0.6 is 0 Å². The van der Waals surface area contributed by atoms with Crippen LogP contribution in [0.3, 0.4) is 0 Å². The molecule has 1 saturated heterocycles. The second kappa shape index (κ2) is 4.22. The van der Waals surface area contributed by atoms with Crippen molar-refractivity contribution in [3.8, 4) is 0 Å². The van der Waals surface area contributed by atoms with E-state index in [2.05, 4.69) is 0 Å². The van der Waals surface area contributed by atoms with Gasteiger partial charge in [0.25, 0.3) is 0 Å². The summed E-state index contributed by atoms with van der Waals surface area (Å²) in [6.45, 7) is 0. The Kier molecular flexibility index (Phi) is 2.89. The van der Waals surface area contributed by atoms with Crippen molar-refractivity contribution in [3.05, 3.63) is 33.9 Å². The summed E-state index contributed by atoms with van der Waals surface area (Å²) in [5, 5.41) is 23.5. The molecular weight excluding hydrogens is 278 g/mol. The lowest BCUT2D eigenvalue weighted by atomic mass is 9.90. The van der Waals surface area contributed by atoms with Crippen molar-refractivity contribution in [2.24, 2.45) is 34.4 Å². The molecule has 1 aliphatic heterocycles. The molecule has 11 nitrogen and oxygen atoms in total. The second-order valence-corrected chi connectivity index (χ2v) is 4.36. The molecule has 0 aromatic rings. The first-order valence-corrected chi connectivity index (χ1v) is 5.55. The first kappa shape index (κ1) is 14.4. The Hall–Kier alpha value is -3.05. The van der Waals surface area contributed by atoms with Crippen molar-refractivity contribution in [2.45, 2.75) is 6.03 Å². The lowest BCUT2D eigenvalue weighted by Crippen LogP contribution is -2.60. The highest BCUT2D eigenvalue weighted by atomic mass is 16.7. The average molecular weight is 293 g/mol. The minimum absolute atomic E-state index is 0.0513. The Bertz CT molecular complexity index is 661. The number of ether oxygens (including phenoxy) is 2. The molecule has 2 rings (SSSR count). The SMILES string of the molecule is N=C1OC(N)(N)OC(=N)C1=C1C(=N)C(N)=C(N)C(N)=C1N. The molecule has 0 atom stereocenters. The fourth-order valence-electron chi connectivity index (χ4n) is 1.86. The van der Waals surface area contributed by atoms with E-state index >= 15 is 0 Å². The van der Waals surface area contributed by atoms with Crippen molar-refractivity contribution in [3.63, 3.8) is 0 Å². The van der Waals surface area contributed by atoms with Gasteiger partial charge in [0.15, 0.2) is 0 Å². The molecule has 11 heteroatoms. The molecule has 1 heterocycles. The molecule has 0 radical (unpaired) electrons. The monoisotopic (exact) mass is 293 g/mol. The van der Waals surface area contributed by atoms with E-state index in [9.17, 15) is 0 Å². The average Bonchev–Trinajstić information content (AvgIpc) is 2.36. The number of rotatable bonds is 0. The molecule has 0 saturated carbocycles. The zero-order valence-corrected chi connectivity index (χ0v) is 10.8. The van der Waals surface area contributed by atoms with Gasteiger partial charge in [0, 0.05) is 5.57 Å². The van der Waals surface area contributed by atoms with Gasteiger partial charge in [-0.1, -0.05) is 0 Å². The molecule has 0 unspecified atom stereocenters. The van der Waals surface area contributed by atoms with Crippen LogP contribution in [0.15, 0.2) is 33.9 Å². The quantitative estimate of drug-likeness (QED) is 0.209. The maximum absolute atomic E-state index is 7.96. The second-order valence-electron chi connectivity index (χ2n) is 4.36. The molecule has 2 aliphatic rings. The van der Waals surface area contributed by atoms with Crippen LogP contribution in [0.4, 0.5) is 0 Å². The highest BCUT2D eigenvalue weighted by molar-refractivity contribution is 6.27. The van der Waals surface area contributed by atoms with Crippen molar-refractivity contribution < 1.29 is 9.47 Å². The molecular formula is C10H15N9O2. The van der Waals surface area contributed by atoms with E-state index in [0.717, 1.165) is 0 Å². The van der Waals surface area contributed by atoms with Gasteiger partial charge in [-0.2, -0.15) is 0 Å². The minimum atomic E-state index is -2.15. The molecule has 0 aromatic heterocycles. The lowest BCUT2D eigenvalue weighted by Gasteiger charge is -2.33.